The van der Waals surface area contributed by atoms with Crippen molar-refractivity contribution < 1.29 is 0 Å². The van der Waals surface area contributed by atoms with Gasteiger partial charge in [0, 0.05) is 36.4 Å². The summed E-state index contributed by atoms with van der Waals surface area (Å²) < 4.78 is 0. The molecule has 0 aliphatic carbocycles. The van der Waals surface area contributed by atoms with Crippen molar-refractivity contribution in [2.45, 2.75) is 12.8 Å². The molecule has 0 fully saturated rings. The van der Waals surface area contributed by atoms with Crippen molar-refractivity contribution in [1.29, 1.82) is 0 Å². The van der Waals surface area contributed by atoms with Crippen molar-refractivity contribution in [2.24, 2.45) is 10.7 Å². The van der Waals surface area contributed by atoms with E-state index in [1.165, 1.54) is 5.56 Å². The maximum Gasteiger partial charge on any atom is 0.188 e. The van der Waals surface area contributed by atoms with Gasteiger partial charge in [-0.15, -0.1) is 24.0 Å². The van der Waals surface area contributed by atoms with Crippen LogP contribution in [0.2, 0.25) is 5.02 Å². The van der Waals surface area contributed by atoms with Crippen LogP contribution in [0.3, 0.4) is 0 Å². The van der Waals surface area contributed by atoms with E-state index in [1.54, 1.807) is 6.20 Å². The van der Waals surface area contributed by atoms with Crippen LogP contribution in [0.25, 0.3) is 0 Å². The zero-order valence-corrected chi connectivity index (χ0v) is 15.3. The molecule has 22 heavy (non-hydrogen) atoms. The first-order valence-corrected chi connectivity index (χ1v) is 7.30. The smallest absolute Gasteiger partial charge is 0.188 e. The molecule has 0 unspecified atom stereocenters. The lowest BCUT2D eigenvalue weighted by molar-refractivity contribution is 0.840. The first-order chi connectivity index (χ1) is 10.2. The lowest BCUT2D eigenvalue weighted by atomic mass is 10.1. The van der Waals surface area contributed by atoms with Crippen LogP contribution in [0.5, 0.6) is 0 Å². The number of rotatable bonds is 6. The lowest BCUT2D eigenvalue weighted by Gasteiger charge is -2.06. The Morgan fingerprint density at radius 2 is 1.91 bits per heavy atom. The fourth-order valence-corrected chi connectivity index (χ4v) is 2.00. The Morgan fingerprint density at radius 3 is 2.59 bits per heavy atom. The zero-order valence-electron chi connectivity index (χ0n) is 12.2. The van der Waals surface area contributed by atoms with Crippen molar-refractivity contribution >= 4 is 41.5 Å². The number of nitrogens with zero attached hydrogens (tertiary/aromatic N) is 2. The van der Waals surface area contributed by atoms with Crippen LogP contribution >= 0.6 is 35.6 Å². The third-order valence-electron chi connectivity index (χ3n) is 3.01. The summed E-state index contributed by atoms with van der Waals surface area (Å²) in [5.41, 5.74) is 8.06. The number of hydrogen-bond donors (Lipinski definition) is 2. The van der Waals surface area contributed by atoms with E-state index < -0.39 is 0 Å². The summed E-state index contributed by atoms with van der Waals surface area (Å²) in [5, 5.41) is 3.86. The van der Waals surface area contributed by atoms with Crippen LogP contribution in [0.1, 0.15) is 11.3 Å². The normalized spacial score (nSPS) is 10.9. The second-order valence-corrected chi connectivity index (χ2v) is 5.08. The molecule has 0 saturated heterocycles. The predicted octanol–water partition coefficient (Wildman–Crippen LogP) is 3.04. The standard InChI is InChI=1S/C16H19ClN4.HI/c17-14-6-4-13(5-7-14)8-11-20-16(18)21-12-9-15-3-1-2-10-19-15;/h1-7,10H,8-9,11-12H2,(H3,18,20,21);1H. The van der Waals surface area contributed by atoms with Gasteiger partial charge in [0.05, 0.1) is 0 Å². The van der Waals surface area contributed by atoms with Crippen molar-refractivity contribution in [3.05, 3.63) is 64.9 Å². The molecule has 3 N–H and O–H groups in total. The molecule has 2 rings (SSSR count). The number of benzene rings is 1. The monoisotopic (exact) mass is 430 g/mol. The molecular weight excluding hydrogens is 411 g/mol. The topological polar surface area (TPSA) is 63.3 Å². The number of aliphatic imine (C=N–C) groups is 1. The van der Waals surface area contributed by atoms with Crippen molar-refractivity contribution in [1.82, 2.24) is 10.3 Å². The molecule has 1 aromatic heterocycles. The van der Waals surface area contributed by atoms with Gasteiger partial charge >= 0.3 is 0 Å². The van der Waals surface area contributed by atoms with Crippen LogP contribution in [0.15, 0.2) is 53.7 Å². The molecule has 1 aromatic carbocycles. The number of aromatic nitrogens is 1. The van der Waals surface area contributed by atoms with E-state index in [-0.39, 0.29) is 24.0 Å². The van der Waals surface area contributed by atoms with Crippen LogP contribution in [-0.2, 0) is 12.8 Å². The van der Waals surface area contributed by atoms with Crippen molar-refractivity contribution in [3.8, 4) is 0 Å². The fraction of sp³-hybridized carbons (Fsp3) is 0.250. The highest BCUT2D eigenvalue weighted by Crippen LogP contribution is 2.09. The van der Waals surface area contributed by atoms with Crippen LogP contribution in [0.4, 0.5) is 0 Å². The highest BCUT2D eigenvalue weighted by Gasteiger charge is 1.96. The van der Waals surface area contributed by atoms with Gasteiger partial charge in [-0.25, -0.2) is 0 Å². The average molecular weight is 431 g/mol. The first kappa shape index (κ1) is 18.7. The molecule has 0 bridgehead atoms. The van der Waals surface area contributed by atoms with E-state index in [0.717, 1.165) is 30.1 Å². The molecule has 118 valence electrons. The second kappa shape index (κ2) is 10.4. The van der Waals surface area contributed by atoms with Crippen LogP contribution in [0, 0.1) is 0 Å². The molecular formula is C16H20ClIN4. The molecule has 6 heteroatoms. The van der Waals surface area contributed by atoms with Gasteiger partial charge < -0.3 is 11.1 Å². The summed E-state index contributed by atoms with van der Waals surface area (Å²) in [6.45, 7) is 1.39. The molecule has 0 aliphatic heterocycles. The lowest BCUT2D eigenvalue weighted by Crippen LogP contribution is -2.33. The highest BCUT2D eigenvalue weighted by molar-refractivity contribution is 14.0. The van der Waals surface area contributed by atoms with E-state index in [9.17, 15) is 0 Å². The molecule has 0 saturated carbocycles. The van der Waals surface area contributed by atoms with Gasteiger partial charge in [0.15, 0.2) is 5.96 Å². The van der Waals surface area contributed by atoms with Gasteiger partial charge in [0.2, 0.25) is 0 Å². The summed E-state index contributed by atoms with van der Waals surface area (Å²) in [4.78, 5) is 8.53. The molecule has 0 aliphatic rings. The second-order valence-electron chi connectivity index (χ2n) is 4.64. The number of nitrogens with one attached hydrogen (secondary N) is 1. The van der Waals surface area contributed by atoms with E-state index in [0.29, 0.717) is 12.5 Å². The molecule has 0 atom stereocenters. The summed E-state index contributed by atoms with van der Waals surface area (Å²) in [6.07, 6.45) is 3.46. The van der Waals surface area contributed by atoms with Gasteiger partial charge in [-0.2, -0.15) is 0 Å². The third-order valence-corrected chi connectivity index (χ3v) is 3.26. The third kappa shape index (κ3) is 7.09. The Labute approximate surface area is 153 Å². The van der Waals surface area contributed by atoms with Crippen LogP contribution in [-0.4, -0.2) is 24.0 Å². The molecule has 4 nitrogen and oxygen atoms in total. The Balaban J connectivity index is 0.00000242. The number of halogens is 2. The number of hydrogen-bond acceptors (Lipinski definition) is 2. The van der Waals surface area contributed by atoms with Crippen molar-refractivity contribution in [2.75, 3.05) is 13.1 Å². The van der Waals surface area contributed by atoms with E-state index in [2.05, 4.69) is 15.3 Å². The van der Waals surface area contributed by atoms with Gasteiger partial charge in [-0.05, 0) is 36.2 Å². The minimum absolute atomic E-state index is 0. The predicted molar refractivity (Wildman–Crippen MR) is 103 cm³/mol. The number of guanidine groups is 1. The quantitative estimate of drug-likeness (QED) is 0.421. The van der Waals surface area contributed by atoms with E-state index in [4.69, 9.17) is 17.3 Å². The Kier molecular flexibility index (Phi) is 8.84. The molecule has 2 aromatic rings. The van der Waals surface area contributed by atoms with Gasteiger partial charge in [0.25, 0.3) is 0 Å². The molecule has 0 amide bonds. The maximum absolute atomic E-state index is 5.84. The summed E-state index contributed by atoms with van der Waals surface area (Å²) in [6, 6.07) is 13.7. The number of pyridine rings is 1. The first-order valence-electron chi connectivity index (χ1n) is 6.92. The fourth-order valence-electron chi connectivity index (χ4n) is 1.88. The molecule has 0 radical (unpaired) electrons. The summed E-state index contributed by atoms with van der Waals surface area (Å²) in [7, 11) is 0. The van der Waals surface area contributed by atoms with E-state index in [1.807, 2.05) is 42.5 Å². The Morgan fingerprint density at radius 1 is 1.14 bits per heavy atom. The summed E-state index contributed by atoms with van der Waals surface area (Å²) in [5.74, 6) is 0.472. The largest absolute Gasteiger partial charge is 0.370 e. The number of nitrogens with two attached hydrogens (primary N) is 1. The van der Waals surface area contributed by atoms with Gasteiger partial charge in [-0.3, -0.25) is 9.98 Å². The Bertz CT molecular complexity index is 572. The highest BCUT2D eigenvalue weighted by atomic mass is 127. The minimum Gasteiger partial charge on any atom is -0.370 e. The van der Waals surface area contributed by atoms with Gasteiger partial charge in [-0.1, -0.05) is 29.8 Å². The zero-order chi connectivity index (χ0) is 14.9. The average Bonchev–Trinajstić information content (AvgIpc) is 2.50. The van der Waals surface area contributed by atoms with Gasteiger partial charge in [0.1, 0.15) is 0 Å². The van der Waals surface area contributed by atoms with Crippen LogP contribution < -0.4 is 11.1 Å². The SMILES string of the molecule is I.NC(=NCCc1ccccn1)NCCc1ccc(Cl)cc1. The Hall–Kier alpha value is -1.34. The summed E-state index contributed by atoms with van der Waals surface area (Å²) >= 11 is 5.84. The maximum atomic E-state index is 5.84. The molecule has 1 heterocycles. The van der Waals surface area contributed by atoms with E-state index >= 15 is 0 Å². The van der Waals surface area contributed by atoms with Crippen molar-refractivity contribution in [3.63, 3.8) is 0 Å². The molecule has 0 spiro atoms. The minimum atomic E-state index is 0.